The third kappa shape index (κ3) is 3.85. The van der Waals surface area contributed by atoms with Crippen LogP contribution in [0.1, 0.15) is 29.4 Å². The number of rotatable bonds is 5. The summed E-state index contributed by atoms with van der Waals surface area (Å²) in [6.07, 6.45) is 1.63. The van der Waals surface area contributed by atoms with Crippen LogP contribution in [0.5, 0.6) is 0 Å². The van der Waals surface area contributed by atoms with Crippen molar-refractivity contribution in [3.05, 3.63) is 45.9 Å². The molecule has 6 nitrogen and oxygen atoms in total. The molecule has 1 aromatic heterocycles. The van der Waals surface area contributed by atoms with Crippen molar-refractivity contribution in [1.82, 2.24) is 9.97 Å². The lowest BCUT2D eigenvalue weighted by Gasteiger charge is -2.06. The Morgan fingerprint density at radius 2 is 2.19 bits per heavy atom. The Hall–Kier alpha value is -2.28. The lowest BCUT2D eigenvalue weighted by Crippen LogP contribution is -2.10. The van der Waals surface area contributed by atoms with Gasteiger partial charge in [0.15, 0.2) is 5.16 Å². The summed E-state index contributed by atoms with van der Waals surface area (Å²) in [5, 5.41) is 9.34. The summed E-state index contributed by atoms with van der Waals surface area (Å²) >= 11 is 1.20. The number of aromatic nitrogens is 2. The van der Waals surface area contributed by atoms with Crippen LogP contribution in [-0.2, 0) is 6.42 Å². The lowest BCUT2D eigenvalue weighted by molar-refractivity contribution is 0.0697. The molecule has 0 atom stereocenters. The van der Waals surface area contributed by atoms with E-state index in [0.29, 0.717) is 15.7 Å². The summed E-state index contributed by atoms with van der Waals surface area (Å²) in [4.78, 5) is 30.1. The Balaban J connectivity index is 2.29. The fraction of sp³-hybridized carbons (Fsp3) is 0.214. The maximum absolute atomic E-state index is 11.6. The molecule has 0 aliphatic heterocycles. The van der Waals surface area contributed by atoms with Crippen molar-refractivity contribution in [3.8, 4) is 0 Å². The van der Waals surface area contributed by atoms with Crippen LogP contribution in [-0.4, -0.2) is 21.0 Å². The van der Waals surface area contributed by atoms with Crippen LogP contribution in [0.4, 0.5) is 5.69 Å². The number of benzene rings is 1. The molecular weight excluding hydrogens is 290 g/mol. The van der Waals surface area contributed by atoms with Gasteiger partial charge in [0.25, 0.3) is 5.56 Å². The molecule has 0 aliphatic rings. The second-order valence-electron chi connectivity index (χ2n) is 4.45. The van der Waals surface area contributed by atoms with E-state index in [4.69, 9.17) is 10.8 Å². The maximum Gasteiger partial charge on any atom is 0.335 e. The monoisotopic (exact) mass is 305 g/mol. The summed E-state index contributed by atoms with van der Waals surface area (Å²) in [7, 11) is 0. The van der Waals surface area contributed by atoms with Gasteiger partial charge in [-0.2, -0.15) is 0 Å². The van der Waals surface area contributed by atoms with Gasteiger partial charge in [0.05, 0.1) is 5.56 Å². The molecule has 2 rings (SSSR count). The highest BCUT2D eigenvalue weighted by Gasteiger charge is 2.09. The Morgan fingerprint density at radius 1 is 1.43 bits per heavy atom. The molecule has 0 spiro atoms. The maximum atomic E-state index is 11.6. The number of aryl methyl sites for hydroxylation is 1. The molecule has 4 N–H and O–H groups in total. The first-order chi connectivity index (χ1) is 9.99. The van der Waals surface area contributed by atoms with Gasteiger partial charge >= 0.3 is 5.97 Å². The number of aromatic amines is 1. The molecule has 0 fully saturated rings. The number of hydrogen-bond acceptors (Lipinski definition) is 5. The molecule has 0 amide bonds. The average molecular weight is 305 g/mol. The predicted molar refractivity (Wildman–Crippen MR) is 80.8 cm³/mol. The molecule has 0 saturated heterocycles. The third-order valence-corrected chi connectivity index (χ3v) is 3.72. The van der Waals surface area contributed by atoms with Crippen molar-refractivity contribution in [3.63, 3.8) is 0 Å². The summed E-state index contributed by atoms with van der Waals surface area (Å²) < 4.78 is 0. The van der Waals surface area contributed by atoms with Gasteiger partial charge in [0.2, 0.25) is 0 Å². The number of nitrogens with zero attached hydrogens (tertiary/aromatic N) is 1. The van der Waals surface area contributed by atoms with E-state index in [2.05, 4.69) is 9.97 Å². The van der Waals surface area contributed by atoms with Crippen molar-refractivity contribution in [2.24, 2.45) is 0 Å². The number of hydrogen-bond donors (Lipinski definition) is 3. The number of nitrogens with one attached hydrogen (secondary N) is 1. The smallest absolute Gasteiger partial charge is 0.335 e. The third-order valence-electron chi connectivity index (χ3n) is 2.74. The van der Waals surface area contributed by atoms with Gasteiger partial charge in [-0.25, -0.2) is 9.78 Å². The topological polar surface area (TPSA) is 109 Å². The highest BCUT2D eigenvalue weighted by molar-refractivity contribution is 7.99. The number of H-pyrrole nitrogens is 1. The second kappa shape index (κ2) is 6.45. The van der Waals surface area contributed by atoms with Gasteiger partial charge < -0.3 is 15.8 Å². The van der Waals surface area contributed by atoms with E-state index in [1.165, 1.54) is 30.0 Å². The second-order valence-corrected chi connectivity index (χ2v) is 5.48. The van der Waals surface area contributed by atoms with Crippen LogP contribution in [0.2, 0.25) is 0 Å². The van der Waals surface area contributed by atoms with Gasteiger partial charge in [-0.1, -0.05) is 13.3 Å². The Kier molecular flexibility index (Phi) is 4.64. The van der Waals surface area contributed by atoms with Gasteiger partial charge in [0, 0.05) is 22.3 Å². The first-order valence-electron chi connectivity index (χ1n) is 6.40. The van der Waals surface area contributed by atoms with Crippen molar-refractivity contribution >= 4 is 23.4 Å². The molecule has 0 saturated carbocycles. The minimum atomic E-state index is -1.03. The van der Waals surface area contributed by atoms with Crippen molar-refractivity contribution < 1.29 is 9.90 Å². The molecule has 21 heavy (non-hydrogen) atoms. The number of carbonyl (C=O) groups is 1. The van der Waals surface area contributed by atoms with Crippen LogP contribution < -0.4 is 11.3 Å². The zero-order valence-corrected chi connectivity index (χ0v) is 12.2. The van der Waals surface area contributed by atoms with E-state index >= 15 is 0 Å². The zero-order chi connectivity index (χ0) is 15.4. The van der Waals surface area contributed by atoms with E-state index in [0.717, 1.165) is 18.5 Å². The van der Waals surface area contributed by atoms with Gasteiger partial charge in [0.1, 0.15) is 0 Å². The van der Waals surface area contributed by atoms with Crippen LogP contribution in [0.15, 0.2) is 39.1 Å². The normalized spacial score (nSPS) is 10.5. The van der Waals surface area contributed by atoms with Gasteiger partial charge in [-0.3, -0.25) is 4.79 Å². The molecule has 2 aromatic rings. The Bertz CT molecular complexity index is 728. The van der Waals surface area contributed by atoms with E-state index in [1.54, 1.807) is 6.07 Å². The first kappa shape index (κ1) is 15.1. The molecule has 7 heteroatoms. The lowest BCUT2D eigenvalue weighted by atomic mass is 10.2. The van der Waals surface area contributed by atoms with Gasteiger partial charge in [-0.15, -0.1) is 0 Å². The molecule has 0 bridgehead atoms. The van der Waals surface area contributed by atoms with E-state index in [1.807, 2.05) is 6.92 Å². The Labute approximate surface area is 125 Å². The SMILES string of the molecule is CCCc1cc(=O)[nH]c(Sc2ccc(C(=O)O)cc2N)n1. The minimum Gasteiger partial charge on any atom is -0.478 e. The highest BCUT2D eigenvalue weighted by Crippen LogP contribution is 2.30. The van der Waals surface area contributed by atoms with Crippen LogP contribution in [0.25, 0.3) is 0 Å². The molecular formula is C14H15N3O3S. The minimum absolute atomic E-state index is 0.123. The highest BCUT2D eigenvalue weighted by atomic mass is 32.2. The zero-order valence-electron chi connectivity index (χ0n) is 11.4. The summed E-state index contributed by atoms with van der Waals surface area (Å²) in [6, 6.07) is 5.94. The van der Waals surface area contributed by atoms with Crippen LogP contribution >= 0.6 is 11.8 Å². The number of carboxylic acids is 1. The summed E-state index contributed by atoms with van der Waals surface area (Å²) in [5.41, 5.74) is 6.81. The number of anilines is 1. The van der Waals surface area contributed by atoms with Crippen molar-refractivity contribution in [1.29, 1.82) is 0 Å². The first-order valence-corrected chi connectivity index (χ1v) is 7.22. The molecule has 0 unspecified atom stereocenters. The molecule has 0 aliphatic carbocycles. The average Bonchev–Trinajstić information content (AvgIpc) is 2.40. The largest absolute Gasteiger partial charge is 0.478 e. The summed E-state index contributed by atoms with van der Waals surface area (Å²) in [6.45, 7) is 2.01. The molecule has 1 aromatic carbocycles. The van der Waals surface area contributed by atoms with E-state index < -0.39 is 5.97 Å². The fourth-order valence-electron chi connectivity index (χ4n) is 1.79. The number of aromatic carboxylic acids is 1. The Morgan fingerprint density at radius 3 is 2.81 bits per heavy atom. The van der Waals surface area contributed by atoms with Crippen LogP contribution in [0.3, 0.4) is 0 Å². The quantitative estimate of drug-likeness (QED) is 0.577. The molecule has 110 valence electrons. The van der Waals surface area contributed by atoms with E-state index in [9.17, 15) is 9.59 Å². The number of nitrogens with two attached hydrogens (primary N) is 1. The predicted octanol–water partition coefficient (Wildman–Crippen LogP) is 2.15. The molecule has 0 radical (unpaired) electrons. The standard InChI is InChI=1S/C14H15N3O3S/c1-2-3-9-7-12(18)17-14(16-9)21-11-5-4-8(13(19)20)6-10(11)15/h4-7H,2-3,15H2,1H3,(H,19,20)(H,16,17,18). The van der Waals surface area contributed by atoms with Crippen LogP contribution in [0, 0.1) is 0 Å². The van der Waals surface area contributed by atoms with Gasteiger partial charge in [-0.05, 0) is 36.4 Å². The fourth-order valence-corrected chi connectivity index (χ4v) is 2.63. The molecule has 1 heterocycles. The number of nitrogen functional groups attached to an aromatic ring is 1. The number of carboxylic acid groups (broad SMARTS) is 1. The van der Waals surface area contributed by atoms with E-state index in [-0.39, 0.29) is 11.1 Å². The van der Waals surface area contributed by atoms with Crippen molar-refractivity contribution in [2.45, 2.75) is 29.8 Å². The summed E-state index contributed by atoms with van der Waals surface area (Å²) in [5.74, 6) is -1.03. The van der Waals surface area contributed by atoms with Crippen molar-refractivity contribution in [2.75, 3.05) is 5.73 Å².